The van der Waals surface area contributed by atoms with Crippen molar-refractivity contribution in [1.82, 2.24) is 5.01 Å². The van der Waals surface area contributed by atoms with Crippen LogP contribution in [0.2, 0.25) is 0 Å². The van der Waals surface area contributed by atoms with E-state index in [1.807, 2.05) is 37.3 Å². The van der Waals surface area contributed by atoms with Crippen LogP contribution in [-0.4, -0.2) is 36.8 Å². The van der Waals surface area contributed by atoms with E-state index in [0.29, 0.717) is 39.3 Å². The normalized spacial score (nSPS) is 14.7. The van der Waals surface area contributed by atoms with Gasteiger partial charge in [0, 0.05) is 5.39 Å². The molecule has 162 valence electrons. The molecule has 2 amide bonds. The summed E-state index contributed by atoms with van der Waals surface area (Å²) in [5.41, 5.74) is 4.08. The van der Waals surface area contributed by atoms with E-state index in [1.54, 1.807) is 13.2 Å². The third-order valence-corrected chi connectivity index (χ3v) is 6.46. The van der Waals surface area contributed by atoms with Crippen molar-refractivity contribution < 1.29 is 19.1 Å². The number of amides is 2. The van der Waals surface area contributed by atoms with E-state index in [-0.39, 0.29) is 0 Å². The highest BCUT2D eigenvalue weighted by Gasteiger charge is 2.35. The molecule has 6 nitrogen and oxygen atoms in total. The summed E-state index contributed by atoms with van der Waals surface area (Å²) in [6, 6.07) is 11.2. The largest absolute Gasteiger partial charge is 0.493 e. The lowest BCUT2D eigenvalue weighted by Crippen LogP contribution is -2.36. The van der Waals surface area contributed by atoms with Gasteiger partial charge < -0.3 is 9.47 Å². The van der Waals surface area contributed by atoms with Gasteiger partial charge in [0.2, 0.25) is 0 Å². The number of hydrazone groups is 1. The summed E-state index contributed by atoms with van der Waals surface area (Å²) in [5, 5.41) is 7.02. The standard InChI is InChI=1S/C25H21BrN2O4/c1-3-10-32-23-19(26)11-14(12-20(23)31-2)13-27-28-24(29)17-8-6-15-4-5-16-7-9-18(25(28)30)22(17)21(15)16/h6-9,11-13H,3-5,10H2,1-2H3/b27-13-. The molecule has 1 aliphatic heterocycles. The van der Waals surface area contributed by atoms with E-state index in [1.165, 1.54) is 17.3 Å². The van der Waals surface area contributed by atoms with Crippen molar-refractivity contribution in [1.29, 1.82) is 0 Å². The zero-order chi connectivity index (χ0) is 22.4. The molecule has 0 N–H and O–H groups in total. The number of benzene rings is 3. The van der Waals surface area contributed by atoms with E-state index < -0.39 is 11.8 Å². The summed E-state index contributed by atoms with van der Waals surface area (Å²) < 4.78 is 11.9. The Hall–Kier alpha value is -3.19. The van der Waals surface area contributed by atoms with Crippen LogP contribution < -0.4 is 9.47 Å². The molecule has 3 aromatic carbocycles. The van der Waals surface area contributed by atoms with Crippen molar-refractivity contribution in [3.05, 3.63) is 68.7 Å². The van der Waals surface area contributed by atoms with Crippen LogP contribution in [0.15, 0.2) is 46.0 Å². The van der Waals surface area contributed by atoms with E-state index in [0.717, 1.165) is 35.0 Å². The van der Waals surface area contributed by atoms with E-state index >= 15 is 0 Å². The molecule has 0 radical (unpaired) electrons. The zero-order valence-corrected chi connectivity index (χ0v) is 19.4. The van der Waals surface area contributed by atoms with Gasteiger partial charge in [-0.3, -0.25) is 9.59 Å². The summed E-state index contributed by atoms with van der Waals surface area (Å²) >= 11 is 3.50. The molecule has 5 rings (SSSR count). The predicted molar refractivity (Wildman–Crippen MR) is 126 cm³/mol. The number of imide groups is 1. The van der Waals surface area contributed by atoms with E-state index in [2.05, 4.69) is 21.0 Å². The van der Waals surface area contributed by atoms with Crippen LogP contribution in [0.4, 0.5) is 0 Å². The first kappa shape index (κ1) is 20.7. The van der Waals surface area contributed by atoms with E-state index in [9.17, 15) is 9.59 Å². The summed E-state index contributed by atoms with van der Waals surface area (Å²) in [5.74, 6) is 0.319. The molecule has 1 heterocycles. The molecule has 7 heteroatoms. The third kappa shape index (κ3) is 3.19. The highest BCUT2D eigenvalue weighted by Crippen LogP contribution is 2.39. The first-order valence-corrected chi connectivity index (χ1v) is 11.3. The molecule has 0 aromatic heterocycles. The van der Waals surface area contributed by atoms with Crippen molar-refractivity contribution >= 4 is 44.7 Å². The quantitative estimate of drug-likeness (QED) is 0.353. The van der Waals surface area contributed by atoms with Crippen LogP contribution in [0, 0.1) is 0 Å². The fourth-order valence-electron chi connectivity index (χ4n) is 4.39. The van der Waals surface area contributed by atoms with Crippen molar-refractivity contribution in [2.45, 2.75) is 26.2 Å². The van der Waals surface area contributed by atoms with Crippen LogP contribution in [0.3, 0.4) is 0 Å². The SMILES string of the molecule is CCCOc1c(Br)cc(/C=N\N2C(=O)c3ccc4c5c(ccc(c35)C2=O)CC4)cc1OC. The lowest BCUT2D eigenvalue weighted by molar-refractivity contribution is 0.0616. The number of hydrogen-bond donors (Lipinski definition) is 0. The van der Waals surface area contributed by atoms with Crippen LogP contribution in [0.1, 0.15) is 50.8 Å². The number of methoxy groups -OCH3 is 1. The number of halogens is 1. The molecule has 1 aliphatic carbocycles. The number of aryl methyl sites for hydroxylation is 2. The Morgan fingerprint density at radius 1 is 1.03 bits per heavy atom. The van der Waals surface area contributed by atoms with Crippen LogP contribution in [-0.2, 0) is 12.8 Å². The van der Waals surface area contributed by atoms with Gasteiger partial charge in [0.25, 0.3) is 11.8 Å². The Labute approximate surface area is 193 Å². The van der Waals surface area contributed by atoms with Gasteiger partial charge in [-0.1, -0.05) is 19.1 Å². The second kappa shape index (κ2) is 8.06. The van der Waals surface area contributed by atoms with Gasteiger partial charge in [0.15, 0.2) is 11.5 Å². The van der Waals surface area contributed by atoms with Gasteiger partial charge in [-0.2, -0.15) is 10.1 Å². The molecule has 0 bridgehead atoms. The second-order valence-corrected chi connectivity index (χ2v) is 8.70. The Balaban J connectivity index is 1.51. The predicted octanol–water partition coefficient (Wildman–Crippen LogP) is 5.13. The first-order chi connectivity index (χ1) is 15.5. The third-order valence-electron chi connectivity index (χ3n) is 5.87. The molecule has 32 heavy (non-hydrogen) atoms. The number of rotatable bonds is 6. The second-order valence-electron chi connectivity index (χ2n) is 7.84. The highest BCUT2D eigenvalue weighted by atomic mass is 79.9. The maximum Gasteiger partial charge on any atom is 0.282 e. The van der Waals surface area contributed by atoms with Crippen LogP contribution in [0.5, 0.6) is 11.5 Å². The minimum absolute atomic E-state index is 0.414. The minimum Gasteiger partial charge on any atom is -0.493 e. The molecule has 0 saturated carbocycles. The van der Waals surface area contributed by atoms with Gasteiger partial charge >= 0.3 is 0 Å². The van der Waals surface area contributed by atoms with E-state index in [4.69, 9.17) is 9.47 Å². The fourth-order valence-corrected chi connectivity index (χ4v) is 4.97. The van der Waals surface area contributed by atoms with Gasteiger partial charge in [-0.15, -0.1) is 0 Å². The fraction of sp³-hybridized carbons (Fsp3) is 0.240. The van der Waals surface area contributed by atoms with Crippen LogP contribution in [0.25, 0.3) is 10.8 Å². The minimum atomic E-state index is -0.414. The van der Waals surface area contributed by atoms with Gasteiger partial charge in [-0.25, -0.2) is 0 Å². The molecule has 0 atom stereocenters. The number of carbonyl (C=O) groups is 2. The van der Waals surface area contributed by atoms with Crippen molar-refractivity contribution in [2.24, 2.45) is 5.10 Å². The molecule has 0 spiro atoms. The summed E-state index contributed by atoms with van der Waals surface area (Å²) in [4.78, 5) is 26.4. The smallest absolute Gasteiger partial charge is 0.282 e. The molecular formula is C25H21BrN2O4. The van der Waals surface area contributed by atoms with Crippen molar-refractivity contribution in [2.75, 3.05) is 13.7 Å². The molecular weight excluding hydrogens is 472 g/mol. The molecule has 0 saturated heterocycles. The van der Waals surface area contributed by atoms with Crippen LogP contribution >= 0.6 is 15.9 Å². The van der Waals surface area contributed by atoms with Gasteiger partial charge in [-0.05, 0) is 81.5 Å². The topological polar surface area (TPSA) is 68.2 Å². The Bertz CT molecular complexity index is 1260. The number of carbonyl (C=O) groups excluding carboxylic acids is 2. The molecule has 0 unspecified atom stereocenters. The lowest BCUT2D eigenvalue weighted by atomic mass is 9.92. The van der Waals surface area contributed by atoms with Crippen molar-refractivity contribution in [3.63, 3.8) is 0 Å². The zero-order valence-electron chi connectivity index (χ0n) is 17.8. The monoisotopic (exact) mass is 492 g/mol. The first-order valence-electron chi connectivity index (χ1n) is 10.5. The summed E-state index contributed by atoms with van der Waals surface area (Å²) in [6.07, 6.45) is 4.23. The van der Waals surface area contributed by atoms with Crippen molar-refractivity contribution in [3.8, 4) is 11.5 Å². The van der Waals surface area contributed by atoms with Gasteiger partial charge in [0.1, 0.15) is 0 Å². The highest BCUT2D eigenvalue weighted by molar-refractivity contribution is 9.10. The molecule has 2 aliphatic rings. The number of hydrogen-bond acceptors (Lipinski definition) is 5. The molecule has 0 fully saturated rings. The Morgan fingerprint density at radius 3 is 2.28 bits per heavy atom. The average molecular weight is 493 g/mol. The average Bonchev–Trinajstić information content (AvgIpc) is 3.22. The Kier molecular flexibility index (Phi) is 5.21. The summed E-state index contributed by atoms with van der Waals surface area (Å²) in [6.45, 7) is 2.59. The maximum atomic E-state index is 13.2. The van der Waals surface area contributed by atoms with Gasteiger partial charge in [0.05, 0.1) is 35.5 Å². The maximum absolute atomic E-state index is 13.2. The Morgan fingerprint density at radius 2 is 1.69 bits per heavy atom. The summed E-state index contributed by atoms with van der Waals surface area (Å²) in [7, 11) is 1.56. The lowest BCUT2D eigenvalue weighted by Gasteiger charge is -2.23. The number of nitrogens with zero attached hydrogens (tertiary/aromatic N) is 2. The molecule has 3 aromatic rings. The number of ether oxygens (including phenoxy) is 2.